The zero-order chi connectivity index (χ0) is 11.5. The van der Waals surface area contributed by atoms with Crippen LogP contribution in [-0.4, -0.2) is 18.6 Å². The highest BCUT2D eigenvalue weighted by molar-refractivity contribution is 8.02. The van der Waals surface area contributed by atoms with Crippen molar-refractivity contribution in [2.24, 2.45) is 0 Å². The molecule has 0 heterocycles. The molecule has 8 heteroatoms. The number of carbonyl (C=O) groups excluding carboxylic acids is 1. The number of carbonyl (C=O) groups is 1. The van der Waals surface area contributed by atoms with E-state index in [2.05, 4.69) is 4.28 Å². The molecule has 0 spiro atoms. The van der Waals surface area contributed by atoms with Crippen LogP contribution >= 0.6 is 0 Å². The molecule has 1 rings (SSSR count). The first-order valence-electron chi connectivity index (χ1n) is 3.62. The largest absolute Gasteiger partial charge is 0.372 e. The molecule has 0 amide bonds. The van der Waals surface area contributed by atoms with Gasteiger partial charge in [0.05, 0.1) is 0 Å². The van der Waals surface area contributed by atoms with Crippen LogP contribution in [0.3, 0.4) is 0 Å². The van der Waals surface area contributed by atoms with Crippen LogP contribution in [0.2, 0.25) is 0 Å². The van der Waals surface area contributed by atoms with E-state index in [1.54, 1.807) is 6.07 Å². The molecule has 0 bridgehead atoms. The standard InChI is InChI=1S/C7H5NO6S/c9-7(6-4-2-1-3-5-6)15(12,13)14-8(10)11/h1-5H. The molecule has 0 N–H and O–H groups in total. The first kappa shape index (κ1) is 11.1. The number of hydrogen-bond acceptors (Lipinski definition) is 6. The Hall–Kier alpha value is -1.96. The van der Waals surface area contributed by atoms with Crippen molar-refractivity contribution in [1.82, 2.24) is 0 Å². The van der Waals surface area contributed by atoms with Crippen molar-refractivity contribution in [2.45, 2.75) is 0 Å². The highest BCUT2D eigenvalue weighted by atomic mass is 32.2. The van der Waals surface area contributed by atoms with Gasteiger partial charge in [-0.1, -0.05) is 30.3 Å². The van der Waals surface area contributed by atoms with E-state index in [1.165, 1.54) is 24.3 Å². The molecule has 7 nitrogen and oxygen atoms in total. The fourth-order valence-corrected chi connectivity index (χ4v) is 1.49. The van der Waals surface area contributed by atoms with Crippen molar-refractivity contribution in [3.05, 3.63) is 46.0 Å². The van der Waals surface area contributed by atoms with Crippen LogP contribution in [0.15, 0.2) is 30.3 Å². The van der Waals surface area contributed by atoms with Gasteiger partial charge in [-0.25, -0.2) is 0 Å². The average Bonchev–Trinajstić information content (AvgIpc) is 2.16. The zero-order valence-electron chi connectivity index (χ0n) is 7.19. The molecule has 1 aromatic rings. The summed E-state index contributed by atoms with van der Waals surface area (Å²) < 4.78 is 25.2. The van der Waals surface area contributed by atoms with Gasteiger partial charge in [0.1, 0.15) is 0 Å². The minimum absolute atomic E-state index is 0.195. The van der Waals surface area contributed by atoms with Crippen molar-refractivity contribution in [2.75, 3.05) is 0 Å². The van der Waals surface area contributed by atoms with E-state index in [0.717, 1.165) is 0 Å². The maximum absolute atomic E-state index is 11.2. The maximum atomic E-state index is 11.2. The van der Waals surface area contributed by atoms with Gasteiger partial charge in [-0.3, -0.25) is 4.79 Å². The van der Waals surface area contributed by atoms with Gasteiger partial charge in [0.25, 0.3) is 0 Å². The quantitative estimate of drug-likeness (QED) is 0.549. The fourth-order valence-electron chi connectivity index (χ4n) is 0.833. The summed E-state index contributed by atoms with van der Waals surface area (Å²) in [5.41, 5.74) is -0.195. The summed E-state index contributed by atoms with van der Waals surface area (Å²) in [7, 11) is -4.85. The zero-order valence-corrected chi connectivity index (χ0v) is 8.01. The lowest BCUT2D eigenvalue weighted by Gasteiger charge is -1.99. The Morgan fingerprint density at radius 1 is 1.27 bits per heavy atom. The van der Waals surface area contributed by atoms with Gasteiger partial charge in [0, 0.05) is 5.56 Å². The summed E-state index contributed by atoms with van der Waals surface area (Å²) in [6.07, 6.45) is 0. The highest BCUT2D eigenvalue weighted by Gasteiger charge is 2.27. The molecule has 80 valence electrons. The average molecular weight is 231 g/mol. The van der Waals surface area contributed by atoms with Gasteiger partial charge in [-0.2, -0.15) is 12.7 Å². The molecule has 1 aromatic carbocycles. The van der Waals surface area contributed by atoms with E-state index in [4.69, 9.17) is 0 Å². The lowest BCUT2D eigenvalue weighted by Crippen LogP contribution is -2.20. The third kappa shape index (κ3) is 2.74. The second-order valence-corrected chi connectivity index (χ2v) is 3.83. The lowest BCUT2D eigenvalue weighted by molar-refractivity contribution is -0.710. The second-order valence-electron chi connectivity index (χ2n) is 2.41. The van der Waals surface area contributed by atoms with Crippen molar-refractivity contribution < 1.29 is 22.6 Å². The Labute approximate surface area is 84.5 Å². The molecular weight excluding hydrogens is 226 g/mol. The van der Waals surface area contributed by atoms with E-state index >= 15 is 0 Å². The Morgan fingerprint density at radius 3 is 2.27 bits per heavy atom. The van der Waals surface area contributed by atoms with Gasteiger partial charge in [0.15, 0.2) is 0 Å². The molecule has 0 aliphatic heterocycles. The monoisotopic (exact) mass is 231 g/mol. The first-order valence-corrected chi connectivity index (χ1v) is 5.02. The van der Waals surface area contributed by atoms with Crippen LogP contribution in [0.5, 0.6) is 0 Å². The van der Waals surface area contributed by atoms with Crippen molar-refractivity contribution in [3.63, 3.8) is 0 Å². The van der Waals surface area contributed by atoms with Crippen LogP contribution in [0.25, 0.3) is 0 Å². The number of hydrogen-bond donors (Lipinski definition) is 0. The third-order valence-corrected chi connectivity index (χ3v) is 2.40. The molecular formula is C7H5NO6S. The van der Waals surface area contributed by atoms with E-state index in [-0.39, 0.29) is 5.56 Å². The fraction of sp³-hybridized carbons (Fsp3) is 0. The molecule has 0 fully saturated rings. The van der Waals surface area contributed by atoms with Gasteiger partial charge in [0.2, 0.25) is 0 Å². The van der Waals surface area contributed by atoms with Crippen molar-refractivity contribution in [1.29, 1.82) is 0 Å². The van der Waals surface area contributed by atoms with Gasteiger partial charge >= 0.3 is 20.3 Å². The molecule has 0 aliphatic carbocycles. The number of nitrogens with zero attached hydrogens (tertiary/aromatic N) is 1. The van der Waals surface area contributed by atoms with Crippen LogP contribution in [0.1, 0.15) is 10.4 Å². The highest BCUT2D eigenvalue weighted by Crippen LogP contribution is 2.07. The molecule has 0 radical (unpaired) electrons. The van der Waals surface area contributed by atoms with Crippen LogP contribution in [-0.2, 0) is 14.4 Å². The van der Waals surface area contributed by atoms with E-state index in [1.807, 2.05) is 0 Å². The second kappa shape index (κ2) is 4.05. The Kier molecular flexibility index (Phi) is 3.00. The molecule has 0 aromatic heterocycles. The summed E-state index contributed by atoms with van der Waals surface area (Å²) in [5, 5.41) is 6.81. The minimum atomic E-state index is -4.85. The minimum Gasteiger partial charge on any atom is -0.274 e. The topological polar surface area (TPSA) is 104 Å². The molecule has 15 heavy (non-hydrogen) atoms. The van der Waals surface area contributed by atoms with E-state index in [9.17, 15) is 23.3 Å². The maximum Gasteiger partial charge on any atom is 0.372 e. The Balaban J connectivity index is 3.01. The Morgan fingerprint density at radius 2 is 1.80 bits per heavy atom. The van der Waals surface area contributed by atoms with Crippen LogP contribution in [0, 0.1) is 10.1 Å². The summed E-state index contributed by atoms with van der Waals surface area (Å²) in [4.78, 5) is 21.0. The van der Waals surface area contributed by atoms with Gasteiger partial charge in [-0.05, 0) is 0 Å². The van der Waals surface area contributed by atoms with Crippen molar-refractivity contribution >= 4 is 15.2 Å². The molecule has 0 atom stereocenters. The molecule has 0 aliphatic rings. The molecule has 0 saturated heterocycles. The molecule has 0 saturated carbocycles. The predicted octanol–water partition coefficient (Wildman–Crippen LogP) is 0.365. The summed E-state index contributed by atoms with van der Waals surface area (Å²) >= 11 is 0. The van der Waals surface area contributed by atoms with Gasteiger partial charge < -0.3 is 0 Å². The SMILES string of the molecule is O=C(c1ccccc1)S(=O)(=O)O[N+](=O)[O-]. The first-order chi connectivity index (χ1) is 6.93. The molecule has 0 unspecified atom stereocenters. The van der Waals surface area contributed by atoms with E-state index < -0.39 is 20.3 Å². The summed E-state index contributed by atoms with van der Waals surface area (Å²) in [6.45, 7) is 0. The Bertz CT molecular complexity index is 479. The predicted molar refractivity (Wildman–Crippen MR) is 47.8 cm³/mol. The normalized spacial score (nSPS) is 10.7. The van der Waals surface area contributed by atoms with Crippen LogP contribution in [0.4, 0.5) is 0 Å². The smallest absolute Gasteiger partial charge is 0.274 e. The summed E-state index contributed by atoms with van der Waals surface area (Å²) in [5.74, 6) is 0. The van der Waals surface area contributed by atoms with Gasteiger partial charge in [-0.15, -0.1) is 10.1 Å². The van der Waals surface area contributed by atoms with E-state index in [0.29, 0.717) is 0 Å². The third-order valence-electron chi connectivity index (χ3n) is 1.40. The number of rotatable bonds is 3. The lowest BCUT2D eigenvalue weighted by atomic mass is 10.2. The number of benzene rings is 1. The van der Waals surface area contributed by atoms with Crippen molar-refractivity contribution in [3.8, 4) is 0 Å². The summed E-state index contributed by atoms with van der Waals surface area (Å²) in [6, 6.07) is 6.84. The van der Waals surface area contributed by atoms with Crippen LogP contribution < -0.4 is 0 Å².